The molecular formula is C12H19F3N2O2. The van der Waals surface area contributed by atoms with Crippen LogP contribution in [-0.4, -0.2) is 55.4 Å². The van der Waals surface area contributed by atoms with E-state index in [2.05, 4.69) is 10.1 Å². The molecule has 0 aromatic rings. The number of halogens is 3. The molecule has 1 aliphatic heterocycles. The van der Waals surface area contributed by atoms with Crippen LogP contribution < -0.4 is 5.32 Å². The van der Waals surface area contributed by atoms with E-state index in [-0.39, 0.29) is 18.0 Å². The molecule has 7 heteroatoms. The SMILES string of the molecule is O=C(COCC(F)(F)F)N(CC1CCCN1)C1CC1. The molecule has 1 saturated carbocycles. The third kappa shape index (κ3) is 4.99. The molecule has 1 heterocycles. The predicted octanol–water partition coefficient (Wildman–Crippen LogP) is 1.31. The highest BCUT2D eigenvalue weighted by atomic mass is 19.4. The minimum Gasteiger partial charge on any atom is -0.362 e. The van der Waals surface area contributed by atoms with Crippen molar-refractivity contribution in [2.24, 2.45) is 0 Å². The second kappa shape index (κ2) is 6.09. The molecule has 1 unspecified atom stereocenters. The van der Waals surface area contributed by atoms with Gasteiger partial charge in [-0.1, -0.05) is 0 Å². The van der Waals surface area contributed by atoms with Crippen LogP contribution in [0.1, 0.15) is 25.7 Å². The average molecular weight is 280 g/mol. The fourth-order valence-electron chi connectivity index (χ4n) is 2.33. The van der Waals surface area contributed by atoms with Gasteiger partial charge in [0.1, 0.15) is 13.2 Å². The van der Waals surface area contributed by atoms with Crippen molar-refractivity contribution in [1.82, 2.24) is 10.2 Å². The summed E-state index contributed by atoms with van der Waals surface area (Å²) in [5.41, 5.74) is 0. The van der Waals surface area contributed by atoms with Crippen molar-refractivity contribution in [3.8, 4) is 0 Å². The van der Waals surface area contributed by atoms with Crippen molar-refractivity contribution >= 4 is 5.91 Å². The molecule has 0 aromatic heterocycles. The zero-order valence-electron chi connectivity index (χ0n) is 10.7. The second-order valence-electron chi connectivity index (χ2n) is 5.18. The van der Waals surface area contributed by atoms with Gasteiger partial charge in [0.15, 0.2) is 0 Å². The molecule has 2 aliphatic rings. The van der Waals surface area contributed by atoms with Crippen LogP contribution in [0.3, 0.4) is 0 Å². The van der Waals surface area contributed by atoms with Crippen LogP contribution in [0.4, 0.5) is 13.2 Å². The van der Waals surface area contributed by atoms with Crippen molar-refractivity contribution < 1.29 is 22.7 Å². The molecule has 1 saturated heterocycles. The molecule has 2 fully saturated rings. The van der Waals surface area contributed by atoms with Gasteiger partial charge >= 0.3 is 6.18 Å². The zero-order chi connectivity index (χ0) is 13.9. The van der Waals surface area contributed by atoms with Crippen LogP contribution in [0.15, 0.2) is 0 Å². The number of amides is 1. The van der Waals surface area contributed by atoms with Gasteiger partial charge in [-0.3, -0.25) is 4.79 Å². The third-order valence-corrected chi connectivity index (χ3v) is 3.38. The Bertz CT molecular complexity index is 313. The van der Waals surface area contributed by atoms with Crippen molar-refractivity contribution in [2.75, 3.05) is 26.3 Å². The van der Waals surface area contributed by atoms with Gasteiger partial charge in [0.05, 0.1) is 0 Å². The number of ether oxygens (including phenoxy) is 1. The van der Waals surface area contributed by atoms with E-state index in [0.717, 1.165) is 32.2 Å². The third-order valence-electron chi connectivity index (χ3n) is 3.38. The summed E-state index contributed by atoms with van der Waals surface area (Å²) in [5.74, 6) is -0.333. The topological polar surface area (TPSA) is 41.6 Å². The molecule has 0 bridgehead atoms. The lowest BCUT2D eigenvalue weighted by Gasteiger charge is -2.26. The number of hydrogen-bond donors (Lipinski definition) is 1. The summed E-state index contributed by atoms with van der Waals surface area (Å²) in [6.45, 7) is -0.317. The zero-order valence-corrected chi connectivity index (χ0v) is 10.7. The Morgan fingerprint density at radius 2 is 2.05 bits per heavy atom. The number of alkyl halides is 3. The molecule has 0 aromatic carbocycles. The Labute approximate surface area is 110 Å². The van der Waals surface area contributed by atoms with Crippen molar-refractivity contribution in [3.05, 3.63) is 0 Å². The summed E-state index contributed by atoms with van der Waals surface area (Å²) in [6.07, 6.45) is -0.394. The predicted molar refractivity (Wildman–Crippen MR) is 62.6 cm³/mol. The first kappa shape index (κ1) is 14.6. The van der Waals surface area contributed by atoms with Gasteiger partial charge in [-0.2, -0.15) is 13.2 Å². The van der Waals surface area contributed by atoms with Crippen LogP contribution >= 0.6 is 0 Å². The molecular weight excluding hydrogens is 261 g/mol. The molecule has 110 valence electrons. The number of hydrogen-bond acceptors (Lipinski definition) is 3. The van der Waals surface area contributed by atoms with Gasteiger partial charge in [0.25, 0.3) is 0 Å². The largest absolute Gasteiger partial charge is 0.411 e. The summed E-state index contributed by atoms with van der Waals surface area (Å²) in [5, 5.41) is 3.29. The Morgan fingerprint density at radius 3 is 2.58 bits per heavy atom. The maximum absolute atomic E-state index is 11.9. The molecule has 2 rings (SSSR count). The number of rotatable bonds is 6. The summed E-state index contributed by atoms with van der Waals surface area (Å²) < 4.78 is 40.3. The second-order valence-corrected chi connectivity index (χ2v) is 5.18. The van der Waals surface area contributed by atoms with Crippen molar-refractivity contribution in [1.29, 1.82) is 0 Å². The van der Waals surface area contributed by atoms with Gasteiger partial charge < -0.3 is 15.0 Å². The van der Waals surface area contributed by atoms with E-state index >= 15 is 0 Å². The monoisotopic (exact) mass is 280 g/mol. The number of nitrogens with zero attached hydrogens (tertiary/aromatic N) is 1. The molecule has 1 aliphatic carbocycles. The first-order valence-corrected chi connectivity index (χ1v) is 6.63. The smallest absolute Gasteiger partial charge is 0.362 e. The van der Waals surface area contributed by atoms with Gasteiger partial charge in [0.2, 0.25) is 5.91 Å². The van der Waals surface area contributed by atoms with E-state index in [1.807, 2.05) is 0 Å². The van der Waals surface area contributed by atoms with Gasteiger partial charge in [-0.15, -0.1) is 0 Å². The molecule has 0 radical (unpaired) electrons. The quantitative estimate of drug-likeness (QED) is 0.797. The maximum Gasteiger partial charge on any atom is 0.411 e. The Balaban J connectivity index is 1.76. The molecule has 19 heavy (non-hydrogen) atoms. The van der Waals surface area contributed by atoms with Crippen LogP contribution in [-0.2, 0) is 9.53 Å². The Morgan fingerprint density at radius 1 is 1.32 bits per heavy atom. The number of nitrogens with one attached hydrogen (secondary N) is 1. The van der Waals surface area contributed by atoms with E-state index in [9.17, 15) is 18.0 Å². The van der Waals surface area contributed by atoms with Crippen LogP contribution in [0.5, 0.6) is 0 Å². The summed E-state index contributed by atoms with van der Waals surface area (Å²) in [4.78, 5) is 13.6. The average Bonchev–Trinajstić information content (AvgIpc) is 3.01. The van der Waals surface area contributed by atoms with Gasteiger partial charge in [-0.25, -0.2) is 0 Å². The minimum atomic E-state index is -4.38. The molecule has 1 amide bonds. The van der Waals surface area contributed by atoms with Crippen molar-refractivity contribution in [3.63, 3.8) is 0 Å². The van der Waals surface area contributed by atoms with E-state index in [0.29, 0.717) is 6.54 Å². The first-order valence-electron chi connectivity index (χ1n) is 6.63. The summed E-state index contributed by atoms with van der Waals surface area (Å²) in [6, 6.07) is 0.469. The highest BCUT2D eigenvalue weighted by Gasteiger charge is 2.35. The molecule has 0 spiro atoms. The van der Waals surface area contributed by atoms with Gasteiger partial charge in [0, 0.05) is 18.6 Å². The van der Waals surface area contributed by atoms with E-state index in [1.54, 1.807) is 4.90 Å². The fourth-order valence-corrected chi connectivity index (χ4v) is 2.33. The van der Waals surface area contributed by atoms with E-state index < -0.39 is 19.4 Å². The minimum absolute atomic E-state index is 0.199. The summed E-state index contributed by atoms with van der Waals surface area (Å²) >= 11 is 0. The maximum atomic E-state index is 11.9. The number of carbonyl (C=O) groups excluding carboxylic acids is 1. The Hall–Kier alpha value is -0.820. The van der Waals surface area contributed by atoms with Crippen molar-refractivity contribution in [2.45, 2.75) is 43.9 Å². The Kier molecular flexibility index (Phi) is 4.67. The lowest BCUT2D eigenvalue weighted by molar-refractivity contribution is -0.178. The van der Waals surface area contributed by atoms with Crippen LogP contribution in [0.2, 0.25) is 0 Å². The lowest BCUT2D eigenvalue weighted by atomic mass is 10.2. The van der Waals surface area contributed by atoms with E-state index in [1.165, 1.54) is 0 Å². The van der Waals surface area contributed by atoms with E-state index in [4.69, 9.17) is 0 Å². The number of carbonyl (C=O) groups is 1. The lowest BCUT2D eigenvalue weighted by Crippen LogP contribution is -2.44. The molecule has 1 atom stereocenters. The highest BCUT2D eigenvalue weighted by molar-refractivity contribution is 5.78. The first-order chi connectivity index (χ1) is 8.96. The highest BCUT2D eigenvalue weighted by Crippen LogP contribution is 2.28. The standard InChI is InChI=1S/C12H19F3N2O2/c13-12(14,15)8-19-7-11(18)17(10-3-4-10)6-9-2-1-5-16-9/h9-10,16H,1-8H2. The fraction of sp³-hybridized carbons (Fsp3) is 0.917. The van der Waals surface area contributed by atoms with Gasteiger partial charge in [-0.05, 0) is 32.2 Å². The molecule has 4 nitrogen and oxygen atoms in total. The van der Waals surface area contributed by atoms with Crippen LogP contribution in [0.25, 0.3) is 0 Å². The normalized spacial score (nSPS) is 23.6. The van der Waals surface area contributed by atoms with Crippen LogP contribution in [0, 0.1) is 0 Å². The molecule has 1 N–H and O–H groups in total. The summed E-state index contributed by atoms with van der Waals surface area (Å²) in [7, 11) is 0.